The van der Waals surface area contributed by atoms with Gasteiger partial charge < -0.3 is 39.4 Å². The van der Waals surface area contributed by atoms with Crippen molar-refractivity contribution >= 4 is 11.8 Å². The van der Waals surface area contributed by atoms with E-state index < -0.39 is 61.6 Å². The Balaban J connectivity index is 1.77. The highest BCUT2D eigenvalue weighted by Crippen LogP contribution is 2.25. The number of hydrogen-bond donors (Lipinski definition) is 4. The van der Waals surface area contributed by atoms with Gasteiger partial charge in [-0.2, -0.15) is 0 Å². The maximum atomic E-state index is 12.4. The molecule has 4 unspecified atom stereocenters. The Morgan fingerprint density at radius 3 is 2.06 bits per heavy atom. The van der Waals surface area contributed by atoms with E-state index in [4.69, 9.17) is 18.9 Å². The highest BCUT2D eigenvalue weighted by Gasteiger charge is 2.49. The molecule has 0 saturated carbocycles. The summed E-state index contributed by atoms with van der Waals surface area (Å²) in [6.07, 6.45) is -7.98. The van der Waals surface area contributed by atoms with Gasteiger partial charge >= 0.3 is 5.97 Å². The number of esters is 1. The van der Waals surface area contributed by atoms with Crippen molar-refractivity contribution in [1.29, 1.82) is 0 Å². The molecule has 2 aromatic rings. The molecule has 1 saturated heterocycles. The zero-order chi connectivity index (χ0) is 24.5. The standard InChI is InChI=1S/C24H28O10/c25-12-18(28)22-23(21(29)24(30)34-22)33-19(20(13-26)32-17-9-5-2-6-10-17)11-15(27)14-31-16-7-3-1-4-8-16/h1-10,15,18-20,22-23,25-28H,11-14H2/t15?,18-,19?,20?,22+,23?/m0/s1. The predicted molar refractivity (Wildman–Crippen MR) is 117 cm³/mol. The number of cyclic esters (lactones) is 1. The van der Waals surface area contributed by atoms with Gasteiger partial charge in [-0.25, -0.2) is 4.79 Å². The normalized spacial score (nSPS) is 21.4. The molecule has 1 fully saturated rings. The second kappa shape index (κ2) is 12.4. The largest absolute Gasteiger partial charge is 0.491 e. The van der Waals surface area contributed by atoms with Crippen molar-refractivity contribution in [2.24, 2.45) is 0 Å². The number of carbonyl (C=O) groups is 2. The molecule has 0 aromatic heterocycles. The molecular formula is C24H28O10. The van der Waals surface area contributed by atoms with Gasteiger partial charge in [0.15, 0.2) is 12.2 Å². The number of benzene rings is 2. The molecule has 10 nitrogen and oxygen atoms in total. The van der Waals surface area contributed by atoms with Gasteiger partial charge in [-0.05, 0) is 24.3 Å². The first kappa shape index (κ1) is 25.6. The number of rotatable bonds is 13. The fraction of sp³-hybridized carbons (Fsp3) is 0.417. The highest BCUT2D eigenvalue weighted by molar-refractivity contribution is 6.37. The van der Waals surface area contributed by atoms with Crippen LogP contribution in [0.25, 0.3) is 0 Å². The molecule has 6 atom stereocenters. The summed E-state index contributed by atoms with van der Waals surface area (Å²) < 4.78 is 22.0. The second-order valence-corrected chi connectivity index (χ2v) is 7.74. The molecule has 10 heteroatoms. The van der Waals surface area contributed by atoms with Gasteiger partial charge in [-0.3, -0.25) is 4.79 Å². The summed E-state index contributed by atoms with van der Waals surface area (Å²) in [6.45, 7) is -1.44. The lowest BCUT2D eigenvalue weighted by molar-refractivity contribution is -0.155. The molecule has 0 spiro atoms. The summed E-state index contributed by atoms with van der Waals surface area (Å²) >= 11 is 0. The molecule has 2 aromatic carbocycles. The Morgan fingerprint density at radius 2 is 1.47 bits per heavy atom. The van der Waals surface area contributed by atoms with E-state index in [0.717, 1.165) is 0 Å². The van der Waals surface area contributed by atoms with Crippen molar-refractivity contribution in [3.63, 3.8) is 0 Å². The smallest absolute Gasteiger partial charge is 0.378 e. The molecule has 1 aliphatic heterocycles. The van der Waals surface area contributed by atoms with E-state index >= 15 is 0 Å². The number of ether oxygens (including phenoxy) is 4. The molecule has 0 amide bonds. The minimum Gasteiger partial charge on any atom is -0.491 e. The first-order valence-electron chi connectivity index (χ1n) is 10.8. The summed E-state index contributed by atoms with van der Waals surface area (Å²) in [5, 5.41) is 39.8. The van der Waals surface area contributed by atoms with E-state index in [9.17, 15) is 30.0 Å². The summed E-state index contributed by atoms with van der Waals surface area (Å²) in [4.78, 5) is 24.2. The number of hydrogen-bond acceptors (Lipinski definition) is 10. The van der Waals surface area contributed by atoms with Gasteiger partial charge in [-0.15, -0.1) is 0 Å². The molecule has 184 valence electrons. The van der Waals surface area contributed by atoms with Crippen molar-refractivity contribution in [3.05, 3.63) is 60.7 Å². The summed E-state index contributed by atoms with van der Waals surface area (Å²) in [7, 11) is 0. The van der Waals surface area contributed by atoms with E-state index in [1.807, 2.05) is 6.07 Å². The SMILES string of the molecule is O=C1O[C@H]([C@@H](O)CO)C(OC(CC(O)COc2ccccc2)C(CO)Oc2ccccc2)C1=O. The maximum absolute atomic E-state index is 12.4. The van der Waals surface area contributed by atoms with Gasteiger partial charge in [0.1, 0.15) is 36.4 Å². The molecule has 0 aliphatic carbocycles. The lowest BCUT2D eigenvalue weighted by atomic mass is 10.0. The van der Waals surface area contributed by atoms with Crippen LogP contribution >= 0.6 is 0 Å². The Kier molecular flexibility index (Phi) is 9.37. The number of aliphatic hydroxyl groups excluding tert-OH is 4. The van der Waals surface area contributed by atoms with Crippen LogP contribution in [0.15, 0.2) is 60.7 Å². The molecule has 3 rings (SSSR count). The number of aliphatic hydroxyl groups is 4. The van der Waals surface area contributed by atoms with Gasteiger partial charge in [-0.1, -0.05) is 36.4 Å². The highest BCUT2D eigenvalue weighted by atomic mass is 16.6. The van der Waals surface area contributed by atoms with Crippen molar-refractivity contribution in [2.75, 3.05) is 19.8 Å². The number of carbonyl (C=O) groups excluding carboxylic acids is 2. The van der Waals surface area contributed by atoms with Gasteiger partial charge in [0.25, 0.3) is 5.78 Å². The fourth-order valence-corrected chi connectivity index (χ4v) is 3.47. The van der Waals surface area contributed by atoms with E-state index in [2.05, 4.69) is 0 Å². The fourth-order valence-electron chi connectivity index (χ4n) is 3.47. The van der Waals surface area contributed by atoms with E-state index in [1.165, 1.54) is 0 Å². The minimum atomic E-state index is -1.56. The number of para-hydroxylation sites is 2. The summed E-state index contributed by atoms with van der Waals surface area (Å²) in [6, 6.07) is 17.3. The summed E-state index contributed by atoms with van der Waals surface area (Å²) in [5.74, 6) is -1.32. The second-order valence-electron chi connectivity index (χ2n) is 7.74. The van der Waals surface area contributed by atoms with Crippen LogP contribution < -0.4 is 9.47 Å². The van der Waals surface area contributed by atoms with Crippen LogP contribution in [0.5, 0.6) is 11.5 Å². The van der Waals surface area contributed by atoms with Gasteiger partial charge in [0.05, 0.1) is 19.3 Å². The Hall–Kier alpha value is -3.02. The third kappa shape index (κ3) is 6.75. The quantitative estimate of drug-likeness (QED) is 0.227. The monoisotopic (exact) mass is 476 g/mol. The van der Waals surface area contributed by atoms with E-state index in [-0.39, 0.29) is 13.0 Å². The first-order valence-corrected chi connectivity index (χ1v) is 10.8. The molecule has 1 aliphatic rings. The van der Waals surface area contributed by atoms with E-state index in [0.29, 0.717) is 11.5 Å². The average Bonchev–Trinajstić information content (AvgIpc) is 3.15. The molecule has 34 heavy (non-hydrogen) atoms. The zero-order valence-corrected chi connectivity index (χ0v) is 18.3. The predicted octanol–water partition coefficient (Wildman–Crippen LogP) is -0.142. The zero-order valence-electron chi connectivity index (χ0n) is 18.3. The Labute approximate surface area is 196 Å². The lowest BCUT2D eigenvalue weighted by Crippen LogP contribution is -2.48. The molecule has 0 radical (unpaired) electrons. The van der Waals surface area contributed by atoms with Crippen LogP contribution in [0.2, 0.25) is 0 Å². The van der Waals surface area contributed by atoms with E-state index in [1.54, 1.807) is 54.6 Å². The Bertz CT molecular complexity index is 906. The van der Waals surface area contributed by atoms with Crippen molar-refractivity contribution < 1.29 is 49.0 Å². The van der Waals surface area contributed by atoms with Crippen molar-refractivity contribution in [2.45, 2.75) is 43.0 Å². The summed E-state index contributed by atoms with van der Waals surface area (Å²) in [5.41, 5.74) is 0. The third-order valence-electron chi connectivity index (χ3n) is 5.20. The average molecular weight is 476 g/mol. The maximum Gasteiger partial charge on any atom is 0.378 e. The van der Waals surface area contributed by atoms with Crippen LogP contribution in [0.3, 0.4) is 0 Å². The van der Waals surface area contributed by atoms with Crippen molar-refractivity contribution in [3.8, 4) is 11.5 Å². The lowest BCUT2D eigenvalue weighted by Gasteiger charge is -2.31. The van der Waals surface area contributed by atoms with Crippen LogP contribution in [-0.4, -0.2) is 88.6 Å². The van der Waals surface area contributed by atoms with Gasteiger partial charge in [0.2, 0.25) is 0 Å². The minimum absolute atomic E-state index is 0.121. The van der Waals surface area contributed by atoms with Crippen LogP contribution in [-0.2, 0) is 19.1 Å². The molecular weight excluding hydrogens is 448 g/mol. The van der Waals surface area contributed by atoms with Gasteiger partial charge in [0, 0.05) is 6.42 Å². The van der Waals surface area contributed by atoms with Crippen LogP contribution in [0.1, 0.15) is 6.42 Å². The molecule has 4 N–H and O–H groups in total. The topological polar surface area (TPSA) is 152 Å². The molecule has 1 heterocycles. The first-order chi connectivity index (χ1) is 16.4. The third-order valence-corrected chi connectivity index (χ3v) is 5.20. The Morgan fingerprint density at radius 1 is 0.853 bits per heavy atom. The van der Waals surface area contributed by atoms with Crippen molar-refractivity contribution in [1.82, 2.24) is 0 Å². The number of Topliss-reactive ketones (excluding diaryl/α,β-unsaturated/α-hetero) is 1. The van der Waals surface area contributed by atoms with Crippen LogP contribution in [0, 0.1) is 0 Å². The number of ketones is 1. The van der Waals surface area contributed by atoms with Crippen LogP contribution in [0.4, 0.5) is 0 Å². The molecule has 0 bridgehead atoms.